The van der Waals surface area contributed by atoms with Crippen LogP contribution >= 0.6 is 0 Å². The Hall–Kier alpha value is -2.26. The second-order valence-corrected chi connectivity index (χ2v) is 5.92. The number of β-amino-alcohol motifs (C(OH)–C–C–N with tert-alkyl or cyclic N) is 1. The summed E-state index contributed by atoms with van der Waals surface area (Å²) in [6.07, 6.45) is 2.01. The van der Waals surface area contributed by atoms with Gasteiger partial charge in [-0.3, -0.25) is 14.9 Å². The van der Waals surface area contributed by atoms with Gasteiger partial charge in [-0.25, -0.2) is 4.98 Å². The monoisotopic (exact) mass is 321 g/mol. The molecule has 1 aromatic heterocycles. The predicted octanol–water partition coefficient (Wildman–Crippen LogP) is -0.275. The number of nitro groups is 1. The molecule has 23 heavy (non-hydrogen) atoms. The van der Waals surface area contributed by atoms with Gasteiger partial charge in [0.15, 0.2) is 0 Å². The molecule has 2 fully saturated rings. The van der Waals surface area contributed by atoms with E-state index in [2.05, 4.69) is 15.6 Å². The van der Waals surface area contributed by atoms with Crippen LogP contribution in [0, 0.1) is 10.1 Å². The van der Waals surface area contributed by atoms with Crippen LogP contribution in [0.25, 0.3) is 0 Å². The van der Waals surface area contributed by atoms with E-state index in [1.54, 1.807) is 11.0 Å². The van der Waals surface area contributed by atoms with Crippen molar-refractivity contribution in [2.24, 2.45) is 0 Å². The first-order valence-corrected chi connectivity index (χ1v) is 7.60. The SMILES string of the molecule is O=C(C1CC(O)CN1)N1CCC(Nc2ccc([N+](=O)[O-])cn2)C1. The van der Waals surface area contributed by atoms with E-state index in [9.17, 15) is 20.0 Å². The molecule has 2 aliphatic rings. The van der Waals surface area contributed by atoms with Crippen LogP contribution in [-0.4, -0.2) is 63.6 Å². The zero-order valence-electron chi connectivity index (χ0n) is 12.5. The summed E-state index contributed by atoms with van der Waals surface area (Å²) in [7, 11) is 0. The van der Waals surface area contributed by atoms with Crippen LogP contribution in [0.3, 0.4) is 0 Å². The van der Waals surface area contributed by atoms with E-state index >= 15 is 0 Å². The summed E-state index contributed by atoms with van der Waals surface area (Å²) in [5.41, 5.74) is -0.0513. The van der Waals surface area contributed by atoms with Crippen LogP contribution in [0.4, 0.5) is 11.5 Å². The molecule has 2 aliphatic heterocycles. The van der Waals surface area contributed by atoms with Crippen molar-refractivity contribution >= 4 is 17.4 Å². The summed E-state index contributed by atoms with van der Waals surface area (Å²) in [5.74, 6) is 0.576. The average Bonchev–Trinajstić information content (AvgIpc) is 3.16. The molecule has 3 rings (SSSR count). The van der Waals surface area contributed by atoms with Crippen molar-refractivity contribution in [3.63, 3.8) is 0 Å². The highest BCUT2D eigenvalue weighted by atomic mass is 16.6. The third-order valence-corrected chi connectivity index (χ3v) is 4.22. The summed E-state index contributed by atoms with van der Waals surface area (Å²) >= 11 is 0. The Morgan fingerprint density at radius 3 is 2.96 bits per heavy atom. The van der Waals surface area contributed by atoms with E-state index < -0.39 is 11.0 Å². The highest BCUT2D eigenvalue weighted by Crippen LogP contribution is 2.19. The molecule has 3 unspecified atom stereocenters. The molecule has 1 aromatic rings. The van der Waals surface area contributed by atoms with Gasteiger partial charge in [0.25, 0.3) is 5.69 Å². The lowest BCUT2D eigenvalue weighted by Gasteiger charge is -2.21. The van der Waals surface area contributed by atoms with E-state index in [1.807, 2.05) is 0 Å². The minimum atomic E-state index is -0.490. The zero-order chi connectivity index (χ0) is 16.4. The molecule has 0 bridgehead atoms. The molecule has 0 aromatic carbocycles. The van der Waals surface area contributed by atoms with Crippen molar-refractivity contribution in [3.05, 3.63) is 28.4 Å². The van der Waals surface area contributed by atoms with E-state index in [0.29, 0.717) is 31.9 Å². The molecule has 124 valence electrons. The first-order chi connectivity index (χ1) is 11.0. The highest BCUT2D eigenvalue weighted by molar-refractivity contribution is 5.82. The van der Waals surface area contributed by atoms with Crippen molar-refractivity contribution in [2.45, 2.75) is 31.0 Å². The minimum Gasteiger partial charge on any atom is -0.392 e. The molecule has 9 nitrogen and oxygen atoms in total. The molecular formula is C14H19N5O4. The number of carbonyl (C=O) groups excluding carboxylic acids is 1. The Balaban J connectivity index is 1.53. The lowest BCUT2D eigenvalue weighted by molar-refractivity contribution is -0.385. The van der Waals surface area contributed by atoms with Gasteiger partial charge in [0.05, 0.1) is 17.1 Å². The maximum Gasteiger partial charge on any atom is 0.287 e. The predicted molar refractivity (Wildman–Crippen MR) is 81.9 cm³/mol. The zero-order valence-corrected chi connectivity index (χ0v) is 12.5. The standard InChI is InChI=1S/C14H19N5O4/c20-11-5-12(15-7-11)14(21)18-4-3-9(8-18)17-13-2-1-10(6-16-13)19(22)23/h1-2,6,9,11-12,15,20H,3-5,7-8H2,(H,16,17). The topological polar surface area (TPSA) is 121 Å². The van der Waals surface area contributed by atoms with Gasteiger partial charge in [-0.15, -0.1) is 0 Å². The molecule has 3 heterocycles. The van der Waals surface area contributed by atoms with Gasteiger partial charge >= 0.3 is 0 Å². The fourth-order valence-electron chi connectivity index (χ4n) is 2.99. The Kier molecular flexibility index (Phi) is 4.39. The van der Waals surface area contributed by atoms with E-state index in [4.69, 9.17) is 0 Å². The van der Waals surface area contributed by atoms with Crippen molar-refractivity contribution in [1.29, 1.82) is 0 Å². The second kappa shape index (κ2) is 6.47. The molecule has 0 saturated carbocycles. The Morgan fingerprint density at radius 2 is 2.35 bits per heavy atom. The molecule has 2 saturated heterocycles. The van der Waals surface area contributed by atoms with Gasteiger partial charge in [0.2, 0.25) is 5.91 Å². The van der Waals surface area contributed by atoms with E-state index in [-0.39, 0.29) is 23.7 Å². The van der Waals surface area contributed by atoms with Crippen molar-refractivity contribution in [2.75, 3.05) is 25.0 Å². The van der Waals surface area contributed by atoms with E-state index in [1.165, 1.54) is 12.3 Å². The summed E-state index contributed by atoms with van der Waals surface area (Å²) in [6, 6.07) is 2.73. The Labute approximate surface area is 132 Å². The molecule has 0 spiro atoms. The highest BCUT2D eigenvalue weighted by Gasteiger charge is 2.34. The number of nitrogens with one attached hydrogen (secondary N) is 2. The van der Waals surface area contributed by atoms with Gasteiger partial charge in [0, 0.05) is 31.7 Å². The van der Waals surface area contributed by atoms with Crippen LogP contribution in [0.1, 0.15) is 12.8 Å². The number of likely N-dealkylation sites (tertiary alicyclic amines) is 1. The van der Waals surface area contributed by atoms with Gasteiger partial charge in [-0.1, -0.05) is 0 Å². The summed E-state index contributed by atoms with van der Waals surface area (Å²) in [6.45, 7) is 1.67. The van der Waals surface area contributed by atoms with Crippen LogP contribution in [0.2, 0.25) is 0 Å². The first kappa shape index (κ1) is 15.6. The number of aliphatic hydroxyl groups is 1. The number of nitrogens with zero attached hydrogens (tertiary/aromatic N) is 3. The summed E-state index contributed by atoms with van der Waals surface area (Å²) < 4.78 is 0. The average molecular weight is 321 g/mol. The Morgan fingerprint density at radius 1 is 1.52 bits per heavy atom. The molecule has 1 amide bonds. The molecule has 0 aliphatic carbocycles. The maximum atomic E-state index is 12.3. The number of amides is 1. The molecule has 9 heteroatoms. The molecule has 0 radical (unpaired) electrons. The lowest BCUT2D eigenvalue weighted by atomic mass is 10.2. The normalized spacial score (nSPS) is 27.2. The smallest absolute Gasteiger partial charge is 0.287 e. The van der Waals surface area contributed by atoms with Crippen LogP contribution < -0.4 is 10.6 Å². The minimum absolute atomic E-state index is 0.0162. The fraction of sp³-hybridized carbons (Fsp3) is 0.571. The third kappa shape index (κ3) is 3.57. The van der Waals surface area contributed by atoms with Gasteiger partial charge in [-0.05, 0) is 18.9 Å². The number of anilines is 1. The number of pyridine rings is 1. The largest absolute Gasteiger partial charge is 0.392 e. The Bertz CT molecular complexity index is 593. The second-order valence-electron chi connectivity index (χ2n) is 5.92. The maximum absolute atomic E-state index is 12.3. The van der Waals surface area contributed by atoms with Crippen molar-refractivity contribution in [3.8, 4) is 0 Å². The van der Waals surface area contributed by atoms with Crippen molar-refractivity contribution in [1.82, 2.24) is 15.2 Å². The molecule has 3 atom stereocenters. The van der Waals surface area contributed by atoms with Gasteiger partial charge in [-0.2, -0.15) is 0 Å². The number of aromatic nitrogens is 1. The fourth-order valence-corrected chi connectivity index (χ4v) is 2.99. The molecular weight excluding hydrogens is 302 g/mol. The third-order valence-electron chi connectivity index (χ3n) is 4.22. The quantitative estimate of drug-likeness (QED) is 0.515. The first-order valence-electron chi connectivity index (χ1n) is 7.60. The van der Waals surface area contributed by atoms with Gasteiger partial charge in [0.1, 0.15) is 12.0 Å². The van der Waals surface area contributed by atoms with E-state index in [0.717, 1.165) is 6.42 Å². The number of carbonyl (C=O) groups is 1. The van der Waals surface area contributed by atoms with Crippen LogP contribution in [0.5, 0.6) is 0 Å². The summed E-state index contributed by atoms with van der Waals surface area (Å²) in [4.78, 5) is 28.3. The van der Waals surface area contributed by atoms with Crippen LogP contribution in [-0.2, 0) is 4.79 Å². The summed E-state index contributed by atoms with van der Waals surface area (Å²) in [5, 5.41) is 26.3. The van der Waals surface area contributed by atoms with Crippen molar-refractivity contribution < 1.29 is 14.8 Å². The lowest BCUT2D eigenvalue weighted by Crippen LogP contribution is -2.43. The number of aliphatic hydroxyl groups excluding tert-OH is 1. The molecule has 3 N–H and O–H groups in total. The number of hydrogen-bond acceptors (Lipinski definition) is 7. The number of rotatable bonds is 4. The number of hydrogen-bond donors (Lipinski definition) is 3. The van der Waals surface area contributed by atoms with Gasteiger partial charge < -0.3 is 20.6 Å². The van der Waals surface area contributed by atoms with Crippen LogP contribution in [0.15, 0.2) is 18.3 Å².